The van der Waals surface area contributed by atoms with Crippen LogP contribution >= 0.6 is 0 Å². The van der Waals surface area contributed by atoms with Crippen molar-refractivity contribution < 1.29 is 0 Å². The first-order valence-electron chi connectivity index (χ1n) is 8.99. The molecule has 1 aliphatic heterocycles. The molecule has 2 aromatic rings. The fourth-order valence-corrected chi connectivity index (χ4v) is 3.57. The first kappa shape index (κ1) is 16.4. The minimum atomic E-state index is 0.228. The van der Waals surface area contributed by atoms with Crippen LogP contribution in [0, 0.1) is 11.3 Å². The van der Waals surface area contributed by atoms with Gasteiger partial charge in [0.05, 0.1) is 0 Å². The predicted molar refractivity (Wildman–Crippen MR) is 95.5 cm³/mol. The Hall–Kier alpha value is -1.42. The molecule has 0 N–H and O–H groups in total. The van der Waals surface area contributed by atoms with Crippen LogP contribution in [0.1, 0.15) is 46.4 Å². The molecule has 0 atom stereocenters. The second-order valence-corrected chi connectivity index (χ2v) is 8.10. The monoisotopic (exact) mass is 314 g/mol. The summed E-state index contributed by atoms with van der Waals surface area (Å²) < 4.78 is 2.36. The van der Waals surface area contributed by atoms with Gasteiger partial charge in [0, 0.05) is 19.2 Å². The zero-order valence-electron chi connectivity index (χ0n) is 15.0. The molecule has 1 saturated heterocycles. The minimum absolute atomic E-state index is 0.228. The Balaban J connectivity index is 1.83. The zero-order valence-corrected chi connectivity index (χ0v) is 15.0. The molecule has 0 spiro atoms. The van der Waals surface area contributed by atoms with Crippen molar-refractivity contribution in [1.29, 1.82) is 0 Å². The molecular formula is C19H30N4. The van der Waals surface area contributed by atoms with Crippen LogP contribution in [0.4, 0.5) is 0 Å². The largest absolute Gasteiger partial charge is 0.312 e. The van der Waals surface area contributed by atoms with Gasteiger partial charge in [-0.15, -0.1) is 0 Å². The number of aromatic nitrogens is 3. The number of likely N-dealkylation sites (tertiary alicyclic amines) is 1. The third kappa shape index (κ3) is 3.92. The quantitative estimate of drug-likeness (QED) is 0.862. The number of piperidine rings is 1. The Kier molecular flexibility index (Phi) is 4.72. The van der Waals surface area contributed by atoms with Crippen molar-refractivity contribution in [3.05, 3.63) is 24.2 Å². The maximum Gasteiger partial charge on any atom is 0.160 e. The summed E-state index contributed by atoms with van der Waals surface area (Å²) in [6.07, 6.45) is 5.55. The van der Waals surface area contributed by atoms with Crippen LogP contribution in [0.15, 0.2) is 18.3 Å². The summed E-state index contributed by atoms with van der Waals surface area (Å²) in [5.41, 5.74) is 2.31. The minimum Gasteiger partial charge on any atom is -0.312 e. The second-order valence-electron chi connectivity index (χ2n) is 8.10. The highest BCUT2D eigenvalue weighted by Crippen LogP contribution is 2.26. The number of hydrogen-bond acceptors (Lipinski definition) is 3. The van der Waals surface area contributed by atoms with Gasteiger partial charge in [-0.05, 0) is 55.9 Å². The number of nitrogens with zero attached hydrogens (tertiary/aromatic N) is 4. The fraction of sp³-hybridized carbons (Fsp3) is 0.684. The van der Waals surface area contributed by atoms with Crippen LogP contribution in [-0.2, 0) is 13.0 Å². The maximum atomic E-state index is 4.92. The van der Waals surface area contributed by atoms with Crippen LogP contribution in [0.25, 0.3) is 11.2 Å². The number of imidazole rings is 1. The van der Waals surface area contributed by atoms with Crippen LogP contribution in [0.3, 0.4) is 0 Å². The summed E-state index contributed by atoms with van der Waals surface area (Å²) in [4.78, 5) is 12.1. The molecular weight excluding hydrogens is 284 g/mol. The van der Waals surface area contributed by atoms with Crippen molar-refractivity contribution in [2.45, 2.75) is 53.5 Å². The molecule has 0 radical (unpaired) electrons. The standard InChI is InChI=1S/C19H30N4/c1-5-22-11-8-15(9-12-22)13-17-21-16-7-6-10-20-18(16)23(17)14-19(2,3)4/h6-7,10,15H,5,8-9,11-14H2,1-4H3. The summed E-state index contributed by atoms with van der Waals surface area (Å²) in [5, 5.41) is 0. The molecule has 4 nitrogen and oxygen atoms in total. The van der Waals surface area contributed by atoms with Crippen LogP contribution in [-0.4, -0.2) is 39.1 Å². The topological polar surface area (TPSA) is 34.0 Å². The Morgan fingerprint density at radius 1 is 1.22 bits per heavy atom. The summed E-state index contributed by atoms with van der Waals surface area (Å²) in [7, 11) is 0. The Bertz CT molecular complexity index is 645. The first-order valence-corrected chi connectivity index (χ1v) is 8.99. The highest BCUT2D eigenvalue weighted by atomic mass is 15.1. The lowest BCUT2D eigenvalue weighted by molar-refractivity contribution is 0.189. The van der Waals surface area contributed by atoms with Gasteiger partial charge in [-0.1, -0.05) is 27.7 Å². The van der Waals surface area contributed by atoms with Gasteiger partial charge in [0.15, 0.2) is 5.65 Å². The molecule has 0 amide bonds. The number of hydrogen-bond donors (Lipinski definition) is 0. The highest BCUT2D eigenvalue weighted by Gasteiger charge is 2.23. The number of rotatable bonds is 4. The summed E-state index contributed by atoms with van der Waals surface area (Å²) in [6.45, 7) is 13.7. The van der Waals surface area contributed by atoms with E-state index in [1.54, 1.807) is 0 Å². The predicted octanol–water partition coefficient (Wildman–Crippen LogP) is 3.75. The van der Waals surface area contributed by atoms with E-state index in [4.69, 9.17) is 4.98 Å². The van der Waals surface area contributed by atoms with Gasteiger partial charge >= 0.3 is 0 Å². The van der Waals surface area contributed by atoms with E-state index in [-0.39, 0.29) is 5.41 Å². The van der Waals surface area contributed by atoms with Gasteiger partial charge in [0.2, 0.25) is 0 Å². The molecule has 4 heteroatoms. The molecule has 0 saturated carbocycles. The van der Waals surface area contributed by atoms with E-state index in [0.717, 1.165) is 30.0 Å². The Labute approximate surface area is 139 Å². The fourth-order valence-electron chi connectivity index (χ4n) is 3.57. The van der Waals surface area contributed by atoms with E-state index in [1.165, 1.54) is 38.3 Å². The van der Waals surface area contributed by atoms with Crippen LogP contribution < -0.4 is 0 Å². The van der Waals surface area contributed by atoms with Crippen molar-refractivity contribution in [1.82, 2.24) is 19.4 Å². The van der Waals surface area contributed by atoms with Gasteiger partial charge in [0.25, 0.3) is 0 Å². The third-order valence-electron chi connectivity index (χ3n) is 4.84. The molecule has 0 unspecified atom stereocenters. The smallest absolute Gasteiger partial charge is 0.160 e. The van der Waals surface area contributed by atoms with Crippen molar-refractivity contribution in [2.24, 2.45) is 11.3 Å². The van der Waals surface area contributed by atoms with Crippen molar-refractivity contribution in [3.8, 4) is 0 Å². The average Bonchev–Trinajstić information content (AvgIpc) is 2.84. The molecule has 23 heavy (non-hydrogen) atoms. The lowest BCUT2D eigenvalue weighted by Gasteiger charge is -2.31. The normalized spacial score (nSPS) is 17.9. The van der Waals surface area contributed by atoms with E-state index in [0.29, 0.717) is 0 Å². The molecule has 1 fully saturated rings. The molecule has 2 aromatic heterocycles. The van der Waals surface area contributed by atoms with E-state index in [1.807, 2.05) is 12.3 Å². The van der Waals surface area contributed by atoms with Gasteiger partial charge in [-0.25, -0.2) is 9.97 Å². The summed E-state index contributed by atoms with van der Waals surface area (Å²) in [5.74, 6) is 1.98. The molecule has 0 bridgehead atoms. The van der Waals surface area contributed by atoms with Gasteiger partial charge in [-0.3, -0.25) is 0 Å². The van der Waals surface area contributed by atoms with Gasteiger partial charge < -0.3 is 9.47 Å². The molecule has 3 rings (SSSR count). The van der Waals surface area contributed by atoms with E-state index in [2.05, 4.69) is 48.2 Å². The van der Waals surface area contributed by atoms with Crippen molar-refractivity contribution >= 4 is 11.2 Å². The molecule has 126 valence electrons. The van der Waals surface area contributed by atoms with Gasteiger partial charge in [0.1, 0.15) is 11.3 Å². The van der Waals surface area contributed by atoms with Crippen molar-refractivity contribution in [2.75, 3.05) is 19.6 Å². The van der Waals surface area contributed by atoms with E-state index < -0.39 is 0 Å². The lowest BCUT2D eigenvalue weighted by Crippen LogP contribution is -2.34. The first-order chi connectivity index (χ1) is 11.0. The summed E-state index contributed by atoms with van der Waals surface area (Å²) in [6, 6.07) is 4.07. The highest BCUT2D eigenvalue weighted by molar-refractivity contribution is 5.71. The molecule has 1 aliphatic rings. The molecule has 0 aliphatic carbocycles. The van der Waals surface area contributed by atoms with Crippen molar-refractivity contribution in [3.63, 3.8) is 0 Å². The number of fused-ring (bicyclic) bond motifs is 1. The van der Waals surface area contributed by atoms with Crippen LogP contribution in [0.5, 0.6) is 0 Å². The maximum absolute atomic E-state index is 4.92. The third-order valence-corrected chi connectivity index (χ3v) is 4.84. The van der Waals surface area contributed by atoms with E-state index in [9.17, 15) is 0 Å². The van der Waals surface area contributed by atoms with Crippen LogP contribution in [0.2, 0.25) is 0 Å². The second kappa shape index (κ2) is 6.60. The Morgan fingerprint density at radius 2 is 1.96 bits per heavy atom. The molecule has 0 aromatic carbocycles. The van der Waals surface area contributed by atoms with Gasteiger partial charge in [-0.2, -0.15) is 0 Å². The van der Waals surface area contributed by atoms with E-state index >= 15 is 0 Å². The zero-order chi connectivity index (χ0) is 16.4. The SMILES string of the molecule is CCN1CCC(Cc2nc3cccnc3n2CC(C)(C)C)CC1. The molecule has 3 heterocycles. The number of pyridine rings is 1. The summed E-state index contributed by atoms with van der Waals surface area (Å²) >= 11 is 0. The average molecular weight is 314 g/mol. The lowest BCUT2D eigenvalue weighted by atomic mass is 9.92. The Morgan fingerprint density at radius 3 is 2.61 bits per heavy atom.